The molecule has 129 heavy (non-hydrogen) atoms. The molecule has 12 aliphatic rings. The number of piperidine rings is 8. The zero-order chi connectivity index (χ0) is 89.8. The predicted molar refractivity (Wildman–Crippen MR) is 457 cm³/mol. The summed E-state index contributed by atoms with van der Waals surface area (Å²) >= 11 is 0. The number of ether oxygens (including phenoxy) is 4. The molecule has 24 rings (SSSR count). The van der Waals surface area contributed by atoms with Crippen LogP contribution >= 0.6 is 0 Å². The highest BCUT2D eigenvalue weighted by Crippen LogP contribution is 2.45. The molecule has 26 nitrogen and oxygen atoms in total. The Morgan fingerprint density at radius 2 is 0.674 bits per heavy atom. The number of pyridine rings is 6. The average Bonchev–Trinajstić information content (AvgIpc) is 0.681. The fourth-order valence-corrected chi connectivity index (χ4v) is 18.9. The van der Waals surface area contributed by atoms with Gasteiger partial charge in [0, 0.05) is 92.7 Å². The molecule has 8 saturated heterocycles. The highest BCUT2D eigenvalue weighted by molar-refractivity contribution is 6.02. The Morgan fingerprint density at radius 1 is 0.318 bits per heavy atom. The molecule has 12 atom stereocenters. The summed E-state index contributed by atoms with van der Waals surface area (Å²) in [6, 6.07) is 26.7. The normalized spacial score (nSPS) is 22.0. The minimum Gasteiger partial charge on any atom is -0.470 e. The quantitative estimate of drug-likeness (QED) is 0.0812. The van der Waals surface area contributed by atoms with Crippen LogP contribution in [-0.4, -0.2) is 188 Å². The molecule has 4 amide bonds. The van der Waals surface area contributed by atoms with Gasteiger partial charge < -0.3 is 38.5 Å². The van der Waals surface area contributed by atoms with Gasteiger partial charge in [0.25, 0.3) is 47.1 Å². The Labute approximate surface area is 738 Å². The van der Waals surface area contributed by atoms with E-state index in [-0.39, 0.29) is 118 Å². The second-order valence-corrected chi connectivity index (χ2v) is 34.1. The van der Waals surface area contributed by atoms with Crippen LogP contribution in [-0.2, 0) is 0 Å². The molecule has 2 aromatic carbocycles. The molecule has 8 bridgehead atoms. The summed E-state index contributed by atoms with van der Waals surface area (Å²) in [6.45, 7) is 13.2. The molecule has 10 aromatic heterocycles. The van der Waals surface area contributed by atoms with Gasteiger partial charge in [-0.25, -0.2) is 101 Å². The van der Waals surface area contributed by atoms with E-state index >= 15 is 0 Å². The first-order chi connectivity index (χ1) is 62.4. The highest BCUT2D eigenvalue weighted by atomic mass is 19.2. The summed E-state index contributed by atoms with van der Waals surface area (Å²) in [4.78, 5) is 120. The van der Waals surface area contributed by atoms with Crippen molar-refractivity contribution in [3.8, 4) is 69.2 Å². The summed E-state index contributed by atoms with van der Waals surface area (Å²) < 4.78 is 123. The number of nitrogens with zero attached hydrogens (tertiary/aromatic N) is 18. The number of halogens is 7. The number of hydrogen-bond donors (Lipinski definition) is 0. The van der Waals surface area contributed by atoms with E-state index in [0.717, 1.165) is 117 Å². The molecule has 12 unspecified atom stereocenters. The first-order valence-electron chi connectivity index (χ1n) is 43.1. The summed E-state index contributed by atoms with van der Waals surface area (Å²) in [6.07, 6.45) is 25.6. The maximum Gasteiger partial charge on any atom is 0.273 e. The van der Waals surface area contributed by atoms with Gasteiger partial charge in [-0.05, 0) is 243 Å². The summed E-state index contributed by atoms with van der Waals surface area (Å²) in [5, 5.41) is 0. The van der Waals surface area contributed by atoms with Crippen molar-refractivity contribution in [3.63, 3.8) is 0 Å². The smallest absolute Gasteiger partial charge is 0.273 e. The predicted octanol–water partition coefficient (Wildman–Crippen LogP) is 16.1. The lowest BCUT2D eigenvalue weighted by Gasteiger charge is -2.49. The Balaban J connectivity index is 0.000000121. The first kappa shape index (κ1) is 87.3. The number of amides is 4. The third-order valence-electron chi connectivity index (χ3n) is 24.9. The van der Waals surface area contributed by atoms with Crippen LogP contribution < -0.4 is 18.9 Å². The van der Waals surface area contributed by atoms with Gasteiger partial charge in [-0.3, -0.25) is 19.2 Å². The van der Waals surface area contributed by atoms with E-state index in [1.807, 2.05) is 46.7 Å². The van der Waals surface area contributed by atoms with Gasteiger partial charge in [-0.15, -0.1) is 0 Å². The molecule has 0 N–H and O–H groups in total. The molecule has 18 heterocycles. The standard InChI is InChI=1S/C24H21F3N4O2.C24H22F2N4O2.2C24H24FN5O2/c1-13-7-18(27)23(30-9-13)33-20-8-14-5-6-19(20)31(12-14)24(32)16-3-2-4-17(26)21(16)22-28-10-15(25)11-29-22;1-14-8-19(26)23(29-10-14)32-21-9-15-6-7-20(21)30(13-15)24(31)18-5-3-2-4-17(18)22-27-11-16(25)12-28-22;1-14-10-18(25)23(28-12-14)32-20-11-16-5-7-19(20)30(13-16)24(31)17-6-4-15(2)29-21(17)22-26-8-3-9-27-22;1-14-10-18(25)23(28-12-14)32-20-11-16-5-7-19(20)30(13-16)24(31)21-17(6-4-15(2)29-21)22-26-8-3-9-27-22/h2-4,7,9-11,14,19-20H,5-6,8,12H2,1H3;2-5,8,10-12,15,20-21H,6-7,9,13H2,1H3;2*3-4,6,8-10,12,16,19-20H,5,7,11,13H2,1-2H3. The Hall–Kier alpha value is -13.8. The van der Waals surface area contributed by atoms with Crippen molar-refractivity contribution in [3.05, 3.63) is 274 Å². The van der Waals surface area contributed by atoms with Gasteiger partial charge >= 0.3 is 0 Å². The molecule has 12 aromatic rings. The van der Waals surface area contributed by atoms with Crippen molar-refractivity contribution >= 4 is 23.6 Å². The third-order valence-corrected chi connectivity index (χ3v) is 24.9. The van der Waals surface area contributed by atoms with Crippen molar-refractivity contribution in [2.24, 2.45) is 23.7 Å². The number of aromatic nitrogens is 14. The molecular formula is C96H91F7N18O8. The van der Waals surface area contributed by atoms with Crippen LogP contribution in [0.4, 0.5) is 30.7 Å². The largest absolute Gasteiger partial charge is 0.470 e. The lowest BCUT2D eigenvalue weighted by molar-refractivity contribution is -0.0328. The van der Waals surface area contributed by atoms with Crippen LogP contribution in [0, 0.1) is 106 Å². The second kappa shape index (κ2) is 38.0. The molecule has 0 radical (unpaired) electrons. The van der Waals surface area contributed by atoms with E-state index < -0.39 is 52.7 Å². The van der Waals surface area contributed by atoms with E-state index in [1.165, 1.54) is 48.7 Å². The monoisotopic (exact) mass is 1760 g/mol. The summed E-state index contributed by atoms with van der Waals surface area (Å²) in [7, 11) is 0. The number of rotatable bonds is 16. The Morgan fingerprint density at radius 3 is 1.09 bits per heavy atom. The lowest BCUT2D eigenvalue weighted by Crippen LogP contribution is -2.59. The van der Waals surface area contributed by atoms with Crippen LogP contribution in [0.3, 0.4) is 0 Å². The van der Waals surface area contributed by atoms with Crippen molar-refractivity contribution in [2.45, 2.75) is 167 Å². The fraction of sp³-hybridized carbons (Fsp3) is 0.354. The van der Waals surface area contributed by atoms with Crippen LogP contribution in [0.25, 0.3) is 45.7 Å². The molecule has 662 valence electrons. The third kappa shape index (κ3) is 19.3. The maximum absolute atomic E-state index is 14.8. The highest BCUT2D eigenvalue weighted by Gasteiger charge is 2.50. The SMILES string of the molecule is Cc1cnc(OC2CC3CCC2N(C(=O)c2ccc(C)nc2-c2ncccn2)C3)c(F)c1.Cc1cnc(OC2CC3CCC2N(C(=O)c2cccc(F)c2-c2ncc(F)cn2)C3)c(F)c1.Cc1cnc(OC2CC3CCC2N(C(=O)c2ccccc2-c2ncc(F)cn2)C3)c(F)c1.Cc1cnc(OC2CC3CCC2N(C(=O)c2nc(C)ccc2-c2ncccn2)C3)c(F)c1. The average molecular weight is 1760 g/mol. The molecular weight excluding hydrogens is 1670 g/mol. The van der Waals surface area contributed by atoms with Crippen LogP contribution in [0.5, 0.6) is 23.5 Å². The van der Waals surface area contributed by atoms with Crippen molar-refractivity contribution in [1.29, 1.82) is 0 Å². The van der Waals surface area contributed by atoms with Gasteiger partial charge in [0.1, 0.15) is 41.6 Å². The van der Waals surface area contributed by atoms with Gasteiger partial charge in [0.15, 0.2) is 58.2 Å². The summed E-state index contributed by atoms with van der Waals surface area (Å²) in [5.74, 6) is -2.69. The fourth-order valence-electron chi connectivity index (χ4n) is 18.9. The van der Waals surface area contributed by atoms with Crippen LogP contribution in [0.15, 0.2) is 177 Å². The molecule has 8 aliphatic heterocycles. The lowest BCUT2D eigenvalue weighted by atomic mass is 9.77. The zero-order valence-electron chi connectivity index (χ0n) is 71.4. The van der Waals surface area contributed by atoms with E-state index in [1.54, 1.807) is 118 Å². The number of hydrogen-bond acceptors (Lipinski definition) is 22. The molecule has 12 fully saturated rings. The number of fused-ring (bicyclic) bond motifs is 12. The van der Waals surface area contributed by atoms with Crippen molar-refractivity contribution < 1.29 is 68.9 Å². The minimum absolute atomic E-state index is 0.00377. The van der Waals surface area contributed by atoms with Crippen molar-refractivity contribution in [2.75, 3.05) is 26.2 Å². The van der Waals surface area contributed by atoms with E-state index in [4.69, 9.17) is 18.9 Å². The minimum atomic E-state index is -0.673. The maximum atomic E-state index is 14.8. The number of aryl methyl sites for hydroxylation is 6. The topological polar surface area (TPSA) is 299 Å². The van der Waals surface area contributed by atoms with Gasteiger partial charge in [0.2, 0.25) is 0 Å². The number of benzene rings is 2. The van der Waals surface area contributed by atoms with Gasteiger partial charge in [-0.2, -0.15) is 0 Å². The van der Waals surface area contributed by atoms with Gasteiger partial charge in [0.05, 0.1) is 76.8 Å². The van der Waals surface area contributed by atoms with Crippen LogP contribution in [0.2, 0.25) is 0 Å². The molecule has 4 saturated carbocycles. The molecule has 4 aliphatic carbocycles. The Kier molecular flexibility index (Phi) is 25.8. The Bertz CT molecular complexity index is 6150. The van der Waals surface area contributed by atoms with E-state index in [9.17, 15) is 49.9 Å². The van der Waals surface area contributed by atoms with Gasteiger partial charge in [-0.1, -0.05) is 24.3 Å². The molecule has 33 heteroatoms. The second-order valence-electron chi connectivity index (χ2n) is 34.1. The summed E-state index contributed by atoms with van der Waals surface area (Å²) in [5.41, 5.74) is 7.28. The number of carbonyl (C=O) groups is 4. The first-order valence-corrected chi connectivity index (χ1v) is 43.1. The van der Waals surface area contributed by atoms with E-state index in [0.29, 0.717) is 102 Å². The number of carbonyl (C=O) groups excluding carboxylic acids is 4. The van der Waals surface area contributed by atoms with E-state index in [2.05, 4.69) is 69.8 Å². The van der Waals surface area contributed by atoms with Crippen molar-refractivity contribution in [1.82, 2.24) is 89.4 Å². The van der Waals surface area contributed by atoms with Crippen LogP contribution in [0.1, 0.15) is 152 Å². The zero-order valence-corrected chi connectivity index (χ0v) is 71.4. The molecule has 0 spiro atoms.